The van der Waals surface area contributed by atoms with Gasteiger partial charge in [0, 0.05) is 30.2 Å². The van der Waals surface area contributed by atoms with Crippen molar-refractivity contribution in [2.45, 2.75) is 46.2 Å². The molecule has 0 aliphatic carbocycles. The number of nitro benzene ring substituents is 1. The number of benzene rings is 2. The van der Waals surface area contributed by atoms with Crippen molar-refractivity contribution in [3.8, 4) is 0 Å². The maximum absolute atomic E-state index is 13.5. The number of non-ortho nitro benzene ring substituents is 1. The van der Waals surface area contributed by atoms with Gasteiger partial charge in [0.05, 0.1) is 16.9 Å². The van der Waals surface area contributed by atoms with Gasteiger partial charge in [0.25, 0.3) is 5.69 Å². The third kappa shape index (κ3) is 7.92. The number of halogens is 1. The van der Waals surface area contributed by atoms with Crippen molar-refractivity contribution in [2.75, 3.05) is 23.7 Å². The van der Waals surface area contributed by atoms with Crippen LogP contribution >= 0.6 is 11.6 Å². The molecule has 0 spiro atoms. The lowest BCUT2D eigenvalue weighted by molar-refractivity contribution is -0.384. The highest BCUT2D eigenvalue weighted by Gasteiger charge is 2.31. The zero-order valence-corrected chi connectivity index (χ0v) is 22.3. The number of anilines is 1. The number of carbonyl (C=O) groups is 2. The Hall–Kier alpha value is -3.18. The van der Waals surface area contributed by atoms with Crippen LogP contribution in [0.4, 0.5) is 11.4 Å². The molecule has 196 valence electrons. The van der Waals surface area contributed by atoms with Crippen molar-refractivity contribution in [3.63, 3.8) is 0 Å². The number of hydrogen-bond acceptors (Lipinski definition) is 6. The number of rotatable bonds is 12. The first kappa shape index (κ1) is 29.1. The lowest BCUT2D eigenvalue weighted by atomic mass is 10.1. The fourth-order valence-corrected chi connectivity index (χ4v) is 4.50. The molecule has 0 aromatic heterocycles. The zero-order chi connectivity index (χ0) is 27.0. The second-order valence-electron chi connectivity index (χ2n) is 8.47. The van der Waals surface area contributed by atoms with Gasteiger partial charge in [-0.2, -0.15) is 0 Å². The van der Waals surface area contributed by atoms with E-state index in [2.05, 4.69) is 5.32 Å². The number of nitro groups is 1. The van der Waals surface area contributed by atoms with Crippen molar-refractivity contribution < 1.29 is 22.9 Å². The summed E-state index contributed by atoms with van der Waals surface area (Å²) in [6.07, 6.45) is 2.58. The summed E-state index contributed by atoms with van der Waals surface area (Å²) in [5, 5.41) is 14.6. The number of aryl methyl sites for hydroxylation is 1. The molecular weight excluding hydrogens is 508 g/mol. The maximum atomic E-state index is 13.5. The van der Waals surface area contributed by atoms with Gasteiger partial charge < -0.3 is 10.2 Å². The number of nitrogens with one attached hydrogen (secondary N) is 1. The minimum Gasteiger partial charge on any atom is -0.354 e. The van der Waals surface area contributed by atoms with Crippen molar-refractivity contribution in [1.29, 1.82) is 0 Å². The van der Waals surface area contributed by atoms with Gasteiger partial charge in [-0.25, -0.2) is 8.42 Å². The van der Waals surface area contributed by atoms with Crippen LogP contribution in [0.15, 0.2) is 42.5 Å². The van der Waals surface area contributed by atoms with Crippen LogP contribution in [0.3, 0.4) is 0 Å². The minimum atomic E-state index is -4.01. The van der Waals surface area contributed by atoms with Crippen LogP contribution in [0, 0.1) is 17.0 Å². The van der Waals surface area contributed by atoms with Gasteiger partial charge in [0.2, 0.25) is 21.8 Å². The topological polar surface area (TPSA) is 130 Å². The monoisotopic (exact) mass is 538 g/mol. The van der Waals surface area contributed by atoms with Crippen molar-refractivity contribution in [1.82, 2.24) is 10.2 Å². The van der Waals surface area contributed by atoms with E-state index < -0.39 is 33.4 Å². The van der Waals surface area contributed by atoms with Crippen LogP contribution in [-0.2, 0) is 26.2 Å². The summed E-state index contributed by atoms with van der Waals surface area (Å²) < 4.78 is 26.2. The molecule has 2 amide bonds. The average Bonchev–Trinajstić information content (AvgIpc) is 2.81. The van der Waals surface area contributed by atoms with Crippen LogP contribution in [0.25, 0.3) is 0 Å². The fraction of sp³-hybridized carbons (Fsp3) is 0.417. The lowest BCUT2D eigenvalue weighted by Gasteiger charge is -2.31. The van der Waals surface area contributed by atoms with Crippen LogP contribution in [0.2, 0.25) is 5.02 Å². The van der Waals surface area contributed by atoms with Crippen LogP contribution < -0.4 is 9.62 Å². The van der Waals surface area contributed by atoms with Gasteiger partial charge >= 0.3 is 0 Å². The smallest absolute Gasteiger partial charge is 0.271 e. The van der Waals surface area contributed by atoms with Crippen LogP contribution in [0.5, 0.6) is 0 Å². The molecule has 36 heavy (non-hydrogen) atoms. The molecule has 1 N–H and O–H groups in total. The first-order valence-electron chi connectivity index (χ1n) is 11.4. The third-order valence-corrected chi connectivity index (χ3v) is 6.99. The molecule has 0 bridgehead atoms. The molecule has 2 rings (SSSR count). The zero-order valence-electron chi connectivity index (χ0n) is 20.7. The van der Waals surface area contributed by atoms with Gasteiger partial charge in [0.15, 0.2) is 0 Å². The number of hydrogen-bond donors (Lipinski definition) is 1. The number of amides is 2. The van der Waals surface area contributed by atoms with Gasteiger partial charge in [-0.1, -0.05) is 43.1 Å². The molecule has 0 saturated carbocycles. The lowest BCUT2D eigenvalue weighted by Crippen LogP contribution is -2.51. The van der Waals surface area contributed by atoms with Crippen LogP contribution in [-0.4, -0.2) is 55.4 Å². The summed E-state index contributed by atoms with van der Waals surface area (Å²) >= 11 is 5.97. The first-order valence-corrected chi connectivity index (χ1v) is 13.6. The van der Waals surface area contributed by atoms with Gasteiger partial charge in [0.1, 0.15) is 12.6 Å². The Labute approximate surface area is 216 Å². The minimum absolute atomic E-state index is 0.0199. The van der Waals surface area contributed by atoms with E-state index in [9.17, 15) is 28.1 Å². The summed E-state index contributed by atoms with van der Waals surface area (Å²) in [6, 6.07) is 9.63. The predicted molar refractivity (Wildman–Crippen MR) is 139 cm³/mol. The molecule has 12 heteroatoms. The van der Waals surface area contributed by atoms with E-state index in [-0.39, 0.29) is 23.8 Å². The first-order chi connectivity index (χ1) is 16.8. The van der Waals surface area contributed by atoms with Crippen LogP contribution in [0.1, 0.15) is 37.8 Å². The average molecular weight is 539 g/mol. The second-order valence-corrected chi connectivity index (χ2v) is 10.8. The summed E-state index contributed by atoms with van der Waals surface area (Å²) in [6.45, 7) is 4.99. The summed E-state index contributed by atoms with van der Waals surface area (Å²) in [5.74, 6) is -1.01. The van der Waals surface area contributed by atoms with E-state index >= 15 is 0 Å². The van der Waals surface area contributed by atoms with Crippen molar-refractivity contribution >= 4 is 44.8 Å². The fourth-order valence-electron chi connectivity index (χ4n) is 3.48. The molecule has 10 nitrogen and oxygen atoms in total. The Morgan fingerprint density at radius 2 is 1.81 bits per heavy atom. The Balaban J connectivity index is 2.43. The summed E-state index contributed by atoms with van der Waals surface area (Å²) in [7, 11) is -4.01. The van der Waals surface area contributed by atoms with E-state index in [4.69, 9.17) is 11.6 Å². The van der Waals surface area contributed by atoms with E-state index in [1.807, 2.05) is 6.92 Å². The summed E-state index contributed by atoms with van der Waals surface area (Å²) in [4.78, 5) is 38.3. The number of carbonyl (C=O) groups excluding carboxylic acids is 2. The highest BCUT2D eigenvalue weighted by atomic mass is 35.5. The number of sulfonamides is 1. The molecule has 0 unspecified atom stereocenters. The van der Waals surface area contributed by atoms with Gasteiger partial charge in [-0.15, -0.1) is 0 Å². The largest absolute Gasteiger partial charge is 0.354 e. The molecule has 0 fully saturated rings. The van der Waals surface area contributed by atoms with Crippen molar-refractivity contribution in [3.05, 3.63) is 68.7 Å². The molecular formula is C24H31ClN4O6S. The third-order valence-electron chi connectivity index (χ3n) is 5.61. The molecule has 1 atom stereocenters. The quantitative estimate of drug-likeness (QED) is 0.249. The van der Waals surface area contributed by atoms with Gasteiger partial charge in [-0.05, 0) is 43.5 Å². The standard InChI is InChI=1S/C24H31ClN4O6S/c1-5-6-13-26-24(31)18(3)27(15-19-8-10-20(25)11-9-19)23(30)16-28(36(4,34)35)22-14-21(29(32)33)12-7-17(22)2/h7-12,14,18H,5-6,13,15-16H2,1-4H3,(H,26,31)/t18-/m1/s1. The number of unbranched alkanes of at least 4 members (excludes halogenated alkanes) is 1. The highest BCUT2D eigenvalue weighted by molar-refractivity contribution is 7.92. The Morgan fingerprint density at radius 1 is 1.17 bits per heavy atom. The van der Waals surface area contributed by atoms with Gasteiger partial charge in [-0.3, -0.25) is 24.0 Å². The van der Waals surface area contributed by atoms with E-state index in [0.717, 1.165) is 29.5 Å². The van der Waals surface area contributed by atoms with E-state index in [1.165, 1.54) is 17.0 Å². The van der Waals surface area contributed by atoms with E-state index in [1.54, 1.807) is 38.1 Å². The molecule has 2 aromatic rings. The Bertz CT molecular complexity index is 1200. The maximum Gasteiger partial charge on any atom is 0.271 e. The molecule has 0 heterocycles. The van der Waals surface area contributed by atoms with Crippen molar-refractivity contribution in [2.24, 2.45) is 0 Å². The normalized spacial score (nSPS) is 12.0. The molecule has 0 aliphatic rings. The Morgan fingerprint density at radius 3 is 2.36 bits per heavy atom. The second kappa shape index (κ2) is 12.7. The van der Waals surface area contributed by atoms with E-state index in [0.29, 0.717) is 22.7 Å². The molecule has 0 radical (unpaired) electrons. The SMILES string of the molecule is CCCCNC(=O)[C@@H](C)N(Cc1ccc(Cl)cc1)C(=O)CN(c1cc([N+](=O)[O-])ccc1C)S(C)(=O)=O. The predicted octanol–water partition coefficient (Wildman–Crippen LogP) is 3.66. The highest BCUT2D eigenvalue weighted by Crippen LogP contribution is 2.28. The molecule has 0 saturated heterocycles. The Kier molecular flexibility index (Phi) is 10.2. The molecule has 2 aromatic carbocycles. The summed E-state index contributed by atoms with van der Waals surface area (Å²) in [5.41, 5.74) is 0.844. The molecule has 0 aliphatic heterocycles. The number of nitrogens with zero attached hydrogens (tertiary/aromatic N) is 3.